The standard InChI is InChI=1S/C11H18N2O2/c12-4-1-10-8-13-11(15-10)7-9-2-5-14-6-3-9/h8-9H,1-7,12H2. The molecular formula is C11H18N2O2. The van der Waals surface area contributed by atoms with Gasteiger partial charge in [0.1, 0.15) is 5.76 Å². The van der Waals surface area contributed by atoms with Gasteiger partial charge in [0, 0.05) is 26.1 Å². The minimum absolute atomic E-state index is 0.617. The van der Waals surface area contributed by atoms with Gasteiger partial charge in [-0.25, -0.2) is 4.98 Å². The molecule has 4 nitrogen and oxygen atoms in total. The first kappa shape index (κ1) is 10.6. The highest BCUT2D eigenvalue weighted by Gasteiger charge is 2.16. The Hall–Kier alpha value is -0.870. The molecule has 1 saturated heterocycles. The number of ether oxygens (including phenoxy) is 1. The average Bonchev–Trinajstić information content (AvgIpc) is 2.68. The summed E-state index contributed by atoms with van der Waals surface area (Å²) in [6.07, 6.45) is 5.75. The number of nitrogens with zero attached hydrogens (tertiary/aromatic N) is 1. The monoisotopic (exact) mass is 210 g/mol. The Morgan fingerprint density at radius 2 is 2.20 bits per heavy atom. The number of hydrogen-bond donors (Lipinski definition) is 1. The third-order valence-corrected chi connectivity index (χ3v) is 2.80. The first-order chi connectivity index (χ1) is 7.38. The topological polar surface area (TPSA) is 61.3 Å². The second kappa shape index (κ2) is 5.28. The third kappa shape index (κ3) is 3.04. The Bertz CT molecular complexity index is 293. The molecule has 1 aromatic heterocycles. The fourth-order valence-corrected chi connectivity index (χ4v) is 1.90. The van der Waals surface area contributed by atoms with Crippen LogP contribution < -0.4 is 5.73 Å². The quantitative estimate of drug-likeness (QED) is 0.809. The van der Waals surface area contributed by atoms with Crippen molar-refractivity contribution in [3.8, 4) is 0 Å². The maximum absolute atomic E-state index is 5.59. The summed E-state index contributed by atoms with van der Waals surface area (Å²) in [6, 6.07) is 0. The molecule has 1 aliphatic rings. The van der Waals surface area contributed by atoms with E-state index >= 15 is 0 Å². The van der Waals surface area contributed by atoms with Gasteiger partial charge in [-0.2, -0.15) is 0 Å². The summed E-state index contributed by atoms with van der Waals surface area (Å²) in [7, 11) is 0. The van der Waals surface area contributed by atoms with Crippen LogP contribution >= 0.6 is 0 Å². The van der Waals surface area contributed by atoms with Crippen molar-refractivity contribution in [1.29, 1.82) is 0 Å². The molecule has 0 atom stereocenters. The lowest BCUT2D eigenvalue weighted by Crippen LogP contribution is -2.17. The average molecular weight is 210 g/mol. The zero-order valence-electron chi connectivity index (χ0n) is 8.95. The van der Waals surface area contributed by atoms with Crippen LogP contribution in [0.15, 0.2) is 10.6 Å². The van der Waals surface area contributed by atoms with Crippen molar-refractivity contribution in [1.82, 2.24) is 4.98 Å². The number of oxazole rings is 1. The Balaban J connectivity index is 1.86. The number of hydrogen-bond acceptors (Lipinski definition) is 4. The predicted molar refractivity (Wildman–Crippen MR) is 56.5 cm³/mol. The molecule has 0 aromatic carbocycles. The lowest BCUT2D eigenvalue weighted by atomic mass is 9.97. The van der Waals surface area contributed by atoms with E-state index in [9.17, 15) is 0 Å². The maximum atomic E-state index is 5.59. The van der Waals surface area contributed by atoms with E-state index in [1.54, 1.807) is 6.20 Å². The molecule has 4 heteroatoms. The van der Waals surface area contributed by atoms with Crippen LogP contribution in [0.5, 0.6) is 0 Å². The molecular weight excluding hydrogens is 192 g/mol. The Morgan fingerprint density at radius 3 is 2.93 bits per heavy atom. The SMILES string of the molecule is NCCc1cnc(CC2CCOCC2)o1. The molecule has 0 aliphatic carbocycles. The molecule has 84 valence electrons. The van der Waals surface area contributed by atoms with E-state index in [2.05, 4.69) is 4.98 Å². The van der Waals surface area contributed by atoms with Gasteiger partial charge in [0.2, 0.25) is 0 Å². The van der Waals surface area contributed by atoms with Gasteiger partial charge in [-0.15, -0.1) is 0 Å². The van der Waals surface area contributed by atoms with E-state index in [4.69, 9.17) is 14.9 Å². The first-order valence-corrected chi connectivity index (χ1v) is 5.60. The van der Waals surface area contributed by atoms with Gasteiger partial charge < -0.3 is 14.9 Å². The first-order valence-electron chi connectivity index (χ1n) is 5.60. The molecule has 1 aliphatic heterocycles. The Kier molecular flexibility index (Phi) is 3.75. The van der Waals surface area contributed by atoms with Crippen molar-refractivity contribution in [2.75, 3.05) is 19.8 Å². The molecule has 2 rings (SSSR count). The van der Waals surface area contributed by atoms with Crippen LogP contribution in [0.2, 0.25) is 0 Å². The van der Waals surface area contributed by atoms with Gasteiger partial charge in [-0.05, 0) is 25.3 Å². The van der Waals surface area contributed by atoms with Gasteiger partial charge in [0.05, 0.1) is 6.20 Å². The van der Waals surface area contributed by atoms with Crippen LogP contribution in [-0.2, 0) is 17.6 Å². The highest BCUT2D eigenvalue weighted by Crippen LogP contribution is 2.19. The van der Waals surface area contributed by atoms with Crippen molar-refractivity contribution >= 4 is 0 Å². The van der Waals surface area contributed by atoms with Crippen molar-refractivity contribution in [2.24, 2.45) is 11.7 Å². The number of rotatable bonds is 4. The fourth-order valence-electron chi connectivity index (χ4n) is 1.90. The summed E-state index contributed by atoms with van der Waals surface area (Å²) in [5.74, 6) is 2.42. The van der Waals surface area contributed by atoms with Crippen LogP contribution in [0.3, 0.4) is 0 Å². The van der Waals surface area contributed by atoms with Crippen LogP contribution in [-0.4, -0.2) is 24.7 Å². The molecule has 1 aromatic rings. The van der Waals surface area contributed by atoms with Gasteiger partial charge in [0.15, 0.2) is 5.89 Å². The van der Waals surface area contributed by atoms with E-state index in [0.717, 1.165) is 50.5 Å². The summed E-state index contributed by atoms with van der Waals surface area (Å²) in [5.41, 5.74) is 5.45. The summed E-state index contributed by atoms with van der Waals surface area (Å²) in [5, 5.41) is 0. The third-order valence-electron chi connectivity index (χ3n) is 2.80. The highest BCUT2D eigenvalue weighted by molar-refractivity contribution is 4.95. The fraction of sp³-hybridized carbons (Fsp3) is 0.727. The zero-order valence-corrected chi connectivity index (χ0v) is 8.95. The van der Waals surface area contributed by atoms with Crippen LogP contribution in [0.4, 0.5) is 0 Å². The van der Waals surface area contributed by atoms with E-state index in [1.807, 2.05) is 0 Å². The van der Waals surface area contributed by atoms with Crippen molar-refractivity contribution in [3.05, 3.63) is 17.8 Å². The molecule has 0 amide bonds. The molecule has 0 saturated carbocycles. The normalized spacial score (nSPS) is 18.2. The lowest BCUT2D eigenvalue weighted by molar-refractivity contribution is 0.0646. The van der Waals surface area contributed by atoms with E-state index in [1.165, 1.54) is 0 Å². The highest BCUT2D eigenvalue weighted by atomic mass is 16.5. The predicted octanol–water partition coefficient (Wildman–Crippen LogP) is 1.14. The van der Waals surface area contributed by atoms with Crippen molar-refractivity contribution < 1.29 is 9.15 Å². The smallest absolute Gasteiger partial charge is 0.194 e. The molecule has 2 N–H and O–H groups in total. The summed E-state index contributed by atoms with van der Waals surface area (Å²) >= 11 is 0. The Labute approximate surface area is 89.8 Å². The summed E-state index contributed by atoms with van der Waals surface area (Å²) in [4.78, 5) is 4.27. The largest absolute Gasteiger partial charge is 0.446 e. The number of nitrogens with two attached hydrogens (primary N) is 1. The summed E-state index contributed by atoms with van der Waals surface area (Å²) < 4.78 is 10.9. The molecule has 0 radical (unpaired) electrons. The minimum atomic E-state index is 0.617. The van der Waals surface area contributed by atoms with Gasteiger partial charge in [0.25, 0.3) is 0 Å². The number of aromatic nitrogens is 1. The second-order valence-electron chi connectivity index (χ2n) is 4.02. The molecule has 0 bridgehead atoms. The second-order valence-corrected chi connectivity index (χ2v) is 4.02. The zero-order chi connectivity index (χ0) is 10.5. The van der Waals surface area contributed by atoms with Crippen LogP contribution in [0.25, 0.3) is 0 Å². The van der Waals surface area contributed by atoms with Crippen molar-refractivity contribution in [2.45, 2.75) is 25.7 Å². The molecule has 2 heterocycles. The maximum Gasteiger partial charge on any atom is 0.194 e. The summed E-state index contributed by atoms with van der Waals surface area (Å²) in [6.45, 7) is 2.37. The molecule has 0 spiro atoms. The van der Waals surface area contributed by atoms with Gasteiger partial charge in [-0.1, -0.05) is 0 Å². The Morgan fingerprint density at radius 1 is 1.40 bits per heavy atom. The molecule has 1 fully saturated rings. The van der Waals surface area contributed by atoms with Gasteiger partial charge in [-0.3, -0.25) is 0 Å². The van der Waals surface area contributed by atoms with Crippen LogP contribution in [0, 0.1) is 5.92 Å². The van der Waals surface area contributed by atoms with Gasteiger partial charge >= 0.3 is 0 Å². The minimum Gasteiger partial charge on any atom is -0.446 e. The lowest BCUT2D eigenvalue weighted by Gasteiger charge is -2.20. The van der Waals surface area contributed by atoms with E-state index in [-0.39, 0.29) is 0 Å². The molecule has 0 unspecified atom stereocenters. The van der Waals surface area contributed by atoms with E-state index in [0.29, 0.717) is 12.5 Å². The van der Waals surface area contributed by atoms with E-state index < -0.39 is 0 Å². The molecule has 15 heavy (non-hydrogen) atoms. The van der Waals surface area contributed by atoms with Crippen LogP contribution in [0.1, 0.15) is 24.5 Å². The van der Waals surface area contributed by atoms with Crippen molar-refractivity contribution in [3.63, 3.8) is 0 Å².